The van der Waals surface area contributed by atoms with Crippen LogP contribution in [0.15, 0.2) is 24.3 Å². The Morgan fingerprint density at radius 1 is 1.29 bits per heavy atom. The summed E-state index contributed by atoms with van der Waals surface area (Å²) in [6, 6.07) is 8.02. The SMILES string of the molecule is CC(C)C(=O)C(C)(C)c1nc2ccccc2s1. The standard InChI is InChI=1S/C14H17NOS/c1-9(2)12(16)14(3,4)13-15-10-7-5-6-8-11(10)17-13/h5-9H,1-4H3. The van der Waals surface area contributed by atoms with Crippen LogP contribution >= 0.6 is 11.3 Å². The average Bonchev–Trinajstić information content (AvgIpc) is 2.71. The largest absolute Gasteiger partial charge is 0.298 e. The molecule has 0 aliphatic heterocycles. The molecule has 3 heteroatoms. The summed E-state index contributed by atoms with van der Waals surface area (Å²) in [7, 11) is 0. The molecule has 0 spiro atoms. The van der Waals surface area contributed by atoms with Crippen LogP contribution in [0, 0.1) is 5.92 Å². The maximum Gasteiger partial charge on any atom is 0.147 e. The maximum atomic E-state index is 12.2. The van der Waals surface area contributed by atoms with Crippen molar-refractivity contribution in [2.45, 2.75) is 33.1 Å². The predicted octanol–water partition coefficient (Wildman–Crippen LogP) is 3.80. The summed E-state index contributed by atoms with van der Waals surface area (Å²) < 4.78 is 1.15. The molecule has 1 aromatic carbocycles. The molecule has 0 aliphatic carbocycles. The summed E-state index contributed by atoms with van der Waals surface area (Å²) in [6.45, 7) is 7.81. The Hall–Kier alpha value is -1.22. The van der Waals surface area contributed by atoms with Crippen LogP contribution in [0.1, 0.15) is 32.7 Å². The summed E-state index contributed by atoms with van der Waals surface area (Å²) in [4.78, 5) is 16.8. The lowest BCUT2D eigenvalue weighted by molar-refractivity contribution is -0.126. The van der Waals surface area contributed by atoms with Crippen molar-refractivity contribution in [3.8, 4) is 0 Å². The van der Waals surface area contributed by atoms with Crippen molar-refractivity contribution in [1.82, 2.24) is 4.98 Å². The number of carbonyl (C=O) groups is 1. The summed E-state index contributed by atoms with van der Waals surface area (Å²) in [5.74, 6) is 0.286. The van der Waals surface area contributed by atoms with E-state index < -0.39 is 5.41 Å². The van der Waals surface area contributed by atoms with Gasteiger partial charge < -0.3 is 0 Å². The number of nitrogens with zero attached hydrogens (tertiary/aromatic N) is 1. The molecule has 0 unspecified atom stereocenters. The number of aromatic nitrogens is 1. The molecule has 1 heterocycles. The molecule has 0 atom stereocenters. The van der Waals surface area contributed by atoms with Crippen molar-refractivity contribution in [2.75, 3.05) is 0 Å². The fourth-order valence-corrected chi connectivity index (χ4v) is 3.04. The van der Waals surface area contributed by atoms with Crippen molar-refractivity contribution in [3.05, 3.63) is 29.3 Å². The van der Waals surface area contributed by atoms with Crippen LogP contribution in [-0.4, -0.2) is 10.8 Å². The fourth-order valence-electron chi connectivity index (χ4n) is 1.97. The topological polar surface area (TPSA) is 30.0 Å². The molecule has 1 aromatic heterocycles. The Balaban J connectivity index is 2.49. The van der Waals surface area contributed by atoms with E-state index in [1.807, 2.05) is 52.0 Å². The summed E-state index contributed by atoms with van der Waals surface area (Å²) in [5, 5.41) is 0.914. The first-order chi connectivity index (χ1) is 7.93. The van der Waals surface area contributed by atoms with Crippen molar-refractivity contribution < 1.29 is 4.79 Å². The second kappa shape index (κ2) is 4.22. The highest BCUT2D eigenvalue weighted by Gasteiger charge is 2.34. The van der Waals surface area contributed by atoms with Gasteiger partial charge in [0.05, 0.1) is 15.6 Å². The predicted molar refractivity (Wildman–Crippen MR) is 72.5 cm³/mol. The second-order valence-corrected chi connectivity index (χ2v) is 6.16. The van der Waals surface area contributed by atoms with Crippen molar-refractivity contribution in [1.29, 1.82) is 0 Å². The van der Waals surface area contributed by atoms with Gasteiger partial charge in [0.15, 0.2) is 0 Å². The van der Waals surface area contributed by atoms with Gasteiger partial charge in [0.25, 0.3) is 0 Å². The van der Waals surface area contributed by atoms with Crippen LogP contribution in [0.5, 0.6) is 0 Å². The Kier molecular flexibility index (Phi) is 3.04. The third kappa shape index (κ3) is 2.12. The van der Waals surface area contributed by atoms with Crippen LogP contribution in [0.3, 0.4) is 0 Å². The van der Waals surface area contributed by atoms with Crippen molar-refractivity contribution in [3.63, 3.8) is 0 Å². The average molecular weight is 247 g/mol. The van der Waals surface area contributed by atoms with Gasteiger partial charge in [-0.15, -0.1) is 11.3 Å². The van der Waals surface area contributed by atoms with Gasteiger partial charge in [0, 0.05) is 5.92 Å². The van der Waals surface area contributed by atoms with Gasteiger partial charge in [-0.1, -0.05) is 26.0 Å². The molecule has 0 radical (unpaired) electrons. The zero-order chi connectivity index (χ0) is 12.6. The number of para-hydroxylation sites is 1. The second-order valence-electron chi connectivity index (χ2n) is 5.13. The lowest BCUT2D eigenvalue weighted by Gasteiger charge is -2.22. The first-order valence-corrected chi connectivity index (χ1v) is 6.65. The number of thiazole rings is 1. The molecular formula is C14H17NOS. The fraction of sp³-hybridized carbons (Fsp3) is 0.429. The molecule has 2 nitrogen and oxygen atoms in total. The number of fused-ring (bicyclic) bond motifs is 1. The minimum atomic E-state index is -0.488. The van der Waals surface area contributed by atoms with Crippen molar-refractivity contribution in [2.24, 2.45) is 5.92 Å². The van der Waals surface area contributed by atoms with E-state index in [1.54, 1.807) is 11.3 Å². The Labute approximate surface area is 106 Å². The van der Waals surface area contributed by atoms with Gasteiger partial charge in [-0.2, -0.15) is 0 Å². The number of ketones is 1. The smallest absolute Gasteiger partial charge is 0.147 e. The summed E-state index contributed by atoms with van der Waals surface area (Å²) in [6.07, 6.45) is 0. The zero-order valence-electron chi connectivity index (χ0n) is 10.7. The Bertz CT molecular complexity index is 521. The number of carbonyl (C=O) groups excluding carboxylic acids is 1. The Morgan fingerprint density at radius 2 is 1.94 bits per heavy atom. The van der Waals surface area contributed by atoms with Gasteiger partial charge in [0.1, 0.15) is 10.8 Å². The number of benzene rings is 1. The monoisotopic (exact) mass is 247 g/mol. The lowest BCUT2D eigenvalue weighted by atomic mass is 9.83. The van der Waals surface area contributed by atoms with Crippen LogP contribution in [0.25, 0.3) is 10.2 Å². The lowest BCUT2D eigenvalue weighted by Crippen LogP contribution is -2.32. The molecule has 0 N–H and O–H groups in total. The normalized spacial score (nSPS) is 12.3. The van der Waals surface area contributed by atoms with E-state index in [-0.39, 0.29) is 11.7 Å². The van der Waals surface area contributed by atoms with Gasteiger partial charge in [0.2, 0.25) is 0 Å². The van der Waals surface area contributed by atoms with E-state index in [0.29, 0.717) is 0 Å². The van der Waals surface area contributed by atoms with Gasteiger partial charge in [-0.25, -0.2) is 4.98 Å². The quantitative estimate of drug-likeness (QED) is 0.825. The number of hydrogen-bond donors (Lipinski definition) is 0. The van der Waals surface area contributed by atoms with E-state index in [1.165, 1.54) is 0 Å². The molecule has 90 valence electrons. The van der Waals surface area contributed by atoms with Gasteiger partial charge in [-0.3, -0.25) is 4.79 Å². The van der Waals surface area contributed by atoms with E-state index in [4.69, 9.17) is 0 Å². The molecule has 0 fully saturated rings. The maximum absolute atomic E-state index is 12.2. The van der Waals surface area contributed by atoms with Crippen molar-refractivity contribution >= 4 is 27.3 Å². The third-order valence-corrected chi connectivity index (χ3v) is 4.33. The molecule has 17 heavy (non-hydrogen) atoms. The number of Topliss-reactive ketones (excluding diaryl/α,β-unsaturated/α-hetero) is 1. The zero-order valence-corrected chi connectivity index (χ0v) is 11.5. The molecule has 0 saturated carbocycles. The number of rotatable bonds is 3. The third-order valence-electron chi connectivity index (χ3n) is 2.97. The highest BCUT2D eigenvalue weighted by Crippen LogP contribution is 2.33. The highest BCUT2D eigenvalue weighted by molar-refractivity contribution is 7.18. The van der Waals surface area contributed by atoms with Gasteiger partial charge in [-0.05, 0) is 26.0 Å². The van der Waals surface area contributed by atoms with Crippen LogP contribution in [0.2, 0.25) is 0 Å². The number of hydrogen-bond acceptors (Lipinski definition) is 3. The minimum Gasteiger partial charge on any atom is -0.298 e. The summed E-state index contributed by atoms with van der Waals surface area (Å²) >= 11 is 1.62. The van der Waals surface area contributed by atoms with Crippen LogP contribution in [0.4, 0.5) is 0 Å². The van der Waals surface area contributed by atoms with Crippen LogP contribution < -0.4 is 0 Å². The minimum absolute atomic E-state index is 0.0389. The van der Waals surface area contributed by atoms with E-state index in [0.717, 1.165) is 15.2 Å². The molecule has 0 aliphatic rings. The van der Waals surface area contributed by atoms with E-state index >= 15 is 0 Å². The molecule has 0 saturated heterocycles. The molecule has 2 aromatic rings. The van der Waals surface area contributed by atoms with E-state index in [2.05, 4.69) is 4.98 Å². The first kappa shape index (κ1) is 12.2. The molecule has 0 bridgehead atoms. The molecule has 0 amide bonds. The molecule has 2 rings (SSSR count). The molecular weight excluding hydrogens is 230 g/mol. The van der Waals surface area contributed by atoms with E-state index in [9.17, 15) is 4.79 Å². The van der Waals surface area contributed by atoms with Crippen LogP contribution in [-0.2, 0) is 10.2 Å². The first-order valence-electron chi connectivity index (χ1n) is 5.83. The Morgan fingerprint density at radius 3 is 2.53 bits per heavy atom. The highest BCUT2D eigenvalue weighted by atomic mass is 32.1. The summed E-state index contributed by atoms with van der Waals surface area (Å²) in [5.41, 5.74) is 0.495. The van der Waals surface area contributed by atoms with Gasteiger partial charge >= 0.3 is 0 Å².